The number of hydrogen-bond donors (Lipinski definition) is 1. The lowest BCUT2D eigenvalue weighted by Gasteiger charge is -2.18. The normalized spacial score (nSPS) is 11.2. The summed E-state index contributed by atoms with van der Waals surface area (Å²) in [5.74, 6) is -0.000388. The van der Waals surface area contributed by atoms with Gasteiger partial charge in [-0.25, -0.2) is 0 Å². The Morgan fingerprint density at radius 3 is 2.50 bits per heavy atom. The maximum absolute atomic E-state index is 12.3. The molecule has 130 valence electrons. The third-order valence-corrected chi connectivity index (χ3v) is 4.65. The number of nitrogens with zero attached hydrogens (tertiary/aromatic N) is 3. The Balaban J connectivity index is 2.13. The monoisotopic (exact) mass is 346 g/mol. The van der Waals surface area contributed by atoms with E-state index in [4.69, 9.17) is 12.2 Å². The molecule has 0 spiro atoms. The van der Waals surface area contributed by atoms with E-state index in [0.717, 1.165) is 40.7 Å². The fraction of sp³-hybridized carbons (Fsp3) is 0.500. The van der Waals surface area contributed by atoms with Crippen LogP contribution in [0, 0.1) is 4.64 Å². The summed E-state index contributed by atoms with van der Waals surface area (Å²) in [5, 5.41) is 9.51. The van der Waals surface area contributed by atoms with Gasteiger partial charge in [-0.3, -0.25) is 9.48 Å². The van der Waals surface area contributed by atoms with Crippen molar-refractivity contribution in [3.05, 3.63) is 34.6 Å². The molecule has 0 aliphatic rings. The number of benzene rings is 1. The van der Waals surface area contributed by atoms with Crippen LogP contribution in [0.3, 0.4) is 0 Å². The summed E-state index contributed by atoms with van der Waals surface area (Å²) in [6, 6.07) is 7.90. The van der Waals surface area contributed by atoms with E-state index in [-0.39, 0.29) is 12.3 Å². The molecule has 2 rings (SSSR count). The number of fused-ring (bicyclic) bond motifs is 1. The molecule has 2 aromatic rings. The van der Waals surface area contributed by atoms with Crippen molar-refractivity contribution in [1.82, 2.24) is 20.0 Å². The Morgan fingerprint density at radius 2 is 1.88 bits per heavy atom. The Kier molecular flexibility index (Phi) is 6.87. The first kappa shape index (κ1) is 18.5. The van der Waals surface area contributed by atoms with Crippen molar-refractivity contribution in [2.45, 2.75) is 33.7 Å². The van der Waals surface area contributed by atoms with Crippen LogP contribution in [0.1, 0.15) is 26.5 Å². The minimum atomic E-state index is -0.000388. The van der Waals surface area contributed by atoms with Crippen molar-refractivity contribution in [3.63, 3.8) is 0 Å². The van der Waals surface area contributed by atoms with E-state index < -0.39 is 0 Å². The van der Waals surface area contributed by atoms with Crippen LogP contribution in [0.15, 0.2) is 24.3 Å². The van der Waals surface area contributed by atoms with Crippen LogP contribution >= 0.6 is 12.2 Å². The van der Waals surface area contributed by atoms with Crippen molar-refractivity contribution in [3.8, 4) is 0 Å². The number of amides is 1. The second-order valence-corrected chi connectivity index (χ2v) is 6.05. The highest BCUT2D eigenvalue weighted by Gasteiger charge is 2.11. The lowest BCUT2D eigenvalue weighted by atomic mass is 10.1. The zero-order valence-electron chi connectivity index (χ0n) is 14.7. The number of hydrogen-bond acceptors (Lipinski definition) is 4. The molecular formula is C18H26N4OS. The van der Waals surface area contributed by atoms with Crippen LogP contribution in [0.2, 0.25) is 0 Å². The molecule has 0 saturated carbocycles. The van der Waals surface area contributed by atoms with Gasteiger partial charge < -0.3 is 10.2 Å². The summed E-state index contributed by atoms with van der Waals surface area (Å²) in [5.41, 5.74) is 0.779. The third kappa shape index (κ3) is 4.39. The molecule has 1 aromatic heterocycles. The predicted molar refractivity (Wildman–Crippen MR) is 101 cm³/mol. The van der Waals surface area contributed by atoms with E-state index in [9.17, 15) is 4.79 Å². The maximum atomic E-state index is 12.3. The molecule has 1 N–H and O–H groups in total. The van der Waals surface area contributed by atoms with Crippen molar-refractivity contribution in [2.75, 3.05) is 26.2 Å². The number of aromatic nitrogens is 2. The van der Waals surface area contributed by atoms with E-state index >= 15 is 0 Å². The summed E-state index contributed by atoms with van der Waals surface area (Å²) in [4.78, 5) is 14.6. The van der Waals surface area contributed by atoms with Gasteiger partial charge in [0.15, 0.2) is 0 Å². The van der Waals surface area contributed by atoms with Gasteiger partial charge in [-0.1, -0.05) is 50.3 Å². The minimum absolute atomic E-state index is 0.000388. The van der Waals surface area contributed by atoms with Gasteiger partial charge in [0.2, 0.25) is 5.91 Å². The zero-order valence-corrected chi connectivity index (χ0v) is 15.5. The molecule has 0 radical (unpaired) electrons. The number of carbonyl (C=O) groups excluding carboxylic acids is 1. The lowest BCUT2D eigenvalue weighted by Crippen LogP contribution is -2.35. The topological polar surface area (TPSA) is 50.2 Å². The number of likely N-dealkylation sites (N-methyl/N-ethyl adjacent to an activating group) is 1. The summed E-state index contributed by atoms with van der Waals surface area (Å²) in [7, 11) is 0. The molecule has 1 heterocycles. The van der Waals surface area contributed by atoms with Crippen molar-refractivity contribution < 1.29 is 4.79 Å². The highest BCUT2D eigenvalue weighted by atomic mass is 32.1. The molecule has 0 aliphatic heterocycles. The molecule has 0 fully saturated rings. The van der Waals surface area contributed by atoms with Gasteiger partial charge in [-0.15, -0.1) is 0 Å². The Morgan fingerprint density at radius 1 is 1.21 bits per heavy atom. The third-order valence-electron chi connectivity index (χ3n) is 4.22. The predicted octanol–water partition coefficient (Wildman–Crippen LogP) is 2.79. The largest absolute Gasteiger partial charge is 0.354 e. The maximum Gasteiger partial charge on any atom is 0.226 e. The average molecular weight is 347 g/mol. The first-order valence-electron chi connectivity index (χ1n) is 8.58. The molecule has 0 saturated heterocycles. The first-order chi connectivity index (χ1) is 11.6. The lowest BCUT2D eigenvalue weighted by molar-refractivity contribution is -0.120. The van der Waals surface area contributed by atoms with Crippen LogP contribution in [-0.4, -0.2) is 46.8 Å². The van der Waals surface area contributed by atoms with Gasteiger partial charge in [-0.2, -0.15) is 5.10 Å². The number of nitrogens with one attached hydrogen (secondary N) is 1. The smallest absolute Gasteiger partial charge is 0.226 e. The average Bonchev–Trinajstić information content (AvgIpc) is 2.61. The second kappa shape index (κ2) is 8.89. The van der Waals surface area contributed by atoms with Crippen LogP contribution < -0.4 is 5.32 Å². The van der Waals surface area contributed by atoms with Crippen molar-refractivity contribution >= 4 is 28.9 Å². The van der Waals surface area contributed by atoms with E-state index in [0.29, 0.717) is 13.1 Å². The quantitative estimate of drug-likeness (QED) is 0.747. The van der Waals surface area contributed by atoms with Crippen LogP contribution in [0.5, 0.6) is 0 Å². The van der Waals surface area contributed by atoms with Crippen LogP contribution in [0.25, 0.3) is 10.8 Å². The fourth-order valence-electron chi connectivity index (χ4n) is 2.76. The highest BCUT2D eigenvalue weighted by Crippen LogP contribution is 2.18. The zero-order chi connectivity index (χ0) is 17.5. The standard InChI is InChI=1S/C18H26N4OS/c1-4-21(5-2)12-11-19-17(23)13-16-14-9-7-8-10-15(14)18(24)22(6-3)20-16/h7-10H,4-6,11-13H2,1-3H3,(H,19,23). The fourth-order valence-corrected chi connectivity index (χ4v) is 3.11. The van der Waals surface area contributed by atoms with Crippen molar-refractivity contribution in [2.24, 2.45) is 0 Å². The Labute approximate surface area is 148 Å². The van der Waals surface area contributed by atoms with Gasteiger partial charge in [-0.05, 0) is 20.0 Å². The Hall–Kier alpha value is -1.79. The molecule has 1 aromatic carbocycles. The molecule has 0 atom stereocenters. The van der Waals surface area contributed by atoms with Gasteiger partial charge in [0.25, 0.3) is 0 Å². The number of aryl methyl sites for hydroxylation is 1. The summed E-state index contributed by atoms with van der Waals surface area (Å²) in [6.45, 7) is 10.5. The summed E-state index contributed by atoms with van der Waals surface area (Å²) >= 11 is 5.49. The van der Waals surface area contributed by atoms with Crippen LogP contribution in [0.4, 0.5) is 0 Å². The highest BCUT2D eigenvalue weighted by molar-refractivity contribution is 7.71. The summed E-state index contributed by atoms with van der Waals surface area (Å²) in [6.07, 6.45) is 0.272. The molecule has 0 aliphatic carbocycles. The van der Waals surface area contributed by atoms with Crippen LogP contribution in [-0.2, 0) is 17.8 Å². The number of carbonyl (C=O) groups is 1. The van der Waals surface area contributed by atoms with Gasteiger partial charge >= 0.3 is 0 Å². The molecule has 0 bridgehead atoms. The van der Waals surface area contributed by atoms with E-state index in [2.05, 4.69) is 29.2 Å². The number of rotatable bonds is 8. The van der Waals surface area contributed by atoms with E-state index in [1.54, 1.807) is 4.68 Å². The van der Waals surface area contributed by atoms with Gasteiger partial charge in [0.1, 0.15) is 4.64 Å². The van der Waals surface area contributed by atoms with Gasteiger partial charge in [0.05, 0.1) is 12.1 Å². The molecule has 5 nitrogen and oxygen atoms in total. The SMILES string of the molecule is CCN(CC)CCNC(=O)Cc1nn(CC)c(=S)c2ccccc12. The van der Waals surface area contributed by atoms with Crippen molar-refractivity contribution in [1.29, 1.82) is 0 Å². The second-order valence-electron chi connectivity index (χ2n) is 5.67. The van der Waals surface area contributed by atoms with E-state index in [1.807, 2.05) is 31.2 Å². The molecular weight excluding hydrogens is 320 g/mol. The molecule has 6 heteroatoms. The van der Waals surface area contributed by atoms with E-state index in [1.165, 1.54) is 0 Å². The Bertz CT molecular complexity index is 752. The minimum Gasteiger partial charge on any atom is -0.354 e. The first-order valence-corrected chi connectivity index (χ1v) is 8.99. The molecule has 24 heavy (non-hydrogen) atoms. The molecule has 0 unspecified atom stereocenters. The summed E-state index contributed by atoms with van der Waals surface area (Å²) < 4.78 is 2.51. The molecule has 1 amide bonds. The van der Waals surface area contributed by atoms with Gasteiger partial charge in [0, 0.05) is 30.4 Å².